The Kier molecular flexibility index (Phi) is 3.54. The maximum atomic E-state index is 9.38. The second-order valence-electron chi connectivity index (χ2n) is 4.13. The number of benzene rings is 1. The van der Waals surface area contributed by atoms with Crippen molar-refractivity contribution in [3.63, 3.8) is 0 Å². The Hall–Kier alpha value is -1.26. The van der Waals surface area contributed by atoms with E-state index in [1.807, 2.05) is 36.9 Å². The fourth-order valence-corrected chi connectivity index (χ4v) is 1.83. The zero-order valence-corrected chi connectivity index (χ0v) is 10.7. The van der Waals surface area contributed by atoms with Gasteiger partial charge in [-0.3, -0.25) is 4.68 Å². The quantitative estimate of drug-likeness (QED) is 0.819. The Morgan fingerprint density at radius 1 is 1.53 bits per heavy atom. The average molecular weight is 254 g/mol. The summed E-state index contributed by atoms with van der Waals surface area (Å²) < 4.78 is 1.86. The van der Waals surface area contributed by atoms with E-state index in [0.29, 0.717) is 6.54 Å². The highest BCUT2D eigenvalue weighted by Crippen LogP contribution is 2.21. The zero-order chi connectivity index (χ0) is 12.4. The molecule has 0 aliphatic heterocycles. The third-order valence-electron chi connectivity index (χ3n) is 2.85. The van der Waals surface area contributed by atoms with Gasteiger partial charge in [-0.05, 0) is 25.1 Å². The molecule has 0 spiro atoms. The molecule has 1 unspecified atom stereocenters. The van der Waals surface area contributed by atoms with Crippen LogP contribution in [0.5, 0.6) is 0 Å². The Bertz CT molecular complexity index is 524. The summed E-state index contributed by atoms with van der Waals surface area (Å²) in [5.74, 6) is 0.237. The van der Waals surface area contributed by atoms with Gasteiger partial charge in [0.15, 0.2) is 0 Å². The van der Waals surface area contributed by atoms with Crippen LogP contribution in [0.3, 0.4) is 0 Å². The number of rotatable bonds is 4. The molecule has 92 valence electrons. The van der Waals surface area contributed by atoms with Crippen LogP contribution in [0.2, 0.25) is 0 Å². The summed E-state index contributed by atoms with van der Waals surface area (Å²) in [6.07, 6.45) is -0.526. The largest absolute Gasteiger partial charge is 0.390 e. The molecule has 0 amide bonds. The average Bonchev–Trinajstić information content (AvgIpc) is 2.62. The van der Waals surface area contributed by atoms with Gasteiger partial charge in [0.25, 0.3) is 0 Å². The van der Waals surface area contributed by atoms with Crippen molar-refractivity contribution >= 4 is 28.2 Å². The molecule has 0 bridgehead atoms. The van der Waals surface area contributed by atoms with Crippen molar-refractivity contribution in [1.82, 2.24) is 9.78 Å². The lowest BCUT2D eigenvalue weighted by atomic mass is 10.2. The lowest BCUT2D eigenvalue weighted by Gasteiger charge is -2.09. The van der Waals surface area contributed by atoms with E-state index >= 15 is 0 Å². The van der Waals surface area contributed by atoms with Gasteiger partial charge in [-0.1, -0.05) is 0 Å². The number of aliphatic hydroxyl groups is 1. The predicted octanol–water partition coefficient (Wildman–Crippen LogP) is 1.89. The summed E-state index contributed by atoms with van der Waals surface area (Å²) in [5, 5.41) is 18.0. The second-order valence-corrected chi connectivity index (χ2v) is 4.44. The second kappa shape index (κ2) is 4.94. The van der Waals surface area contributed by atoms with Crippen LogP contribution < -0.4 is 5.32 Å². The summed E-state index contributed by atoms with van der Waals surface area (Å²) in [7, 11) is 1.93. The molecule has 17 heavy (non-hydrogen) atoms. The van der Waals surface area contributed by atoms with Gasteiger partial charge in [0.05, 0.1) is 17.5 Å². The van der Waals surface area contributed by atoms with E-state index in [1.54, 1.807) is 0 Å². The predicted molar refractivity (Wildman–Crippen MR) is 70.7 cm³/mol. The van der Waals surface area contributed by atoms with Crippen LogP contribution in [0.4, 0.5) is 5.69 Å². The highest BCUT2D eigenvalue weighted by atomic mass is 35.5. The Morgan fingerprint density at radius 3 is 3.00 bits per heavy atom. The van der Waals surface area contributed by atoms with Gasteiger partial charge in [0, 0.05) is 30.4 Å². The highest BCUT2D eigenvalue weighted by molar-refractivity contribution is 6.18. The lowest BCUT2D eigenvalue weighted by Crippen LogP contribution is -2.20. The number of alkyl halides is 1. The van der Waals surface area contributed by atoms with E-state index in [9.17, 15) is 5.11 Å². The first-order valence-electron chi connectivity index (χ1n) is 5.53. The minimum absolute atomic E-state index is 0.237. The van der Waals surface area contributed by atoms with E-state index in [1.165, 1.54) is 0 Å². The molecule has 0 saturated carbocycles. The maximum Gasteiger partial charge on any atom is 0.0927 e. The topological polar surface area (TPSA) is 50.1 Å². The van der Waals surface area contributed by atoms with Crippen LogP contribution in [-0.4, -0.2) is 33.4 Å². The van der Waals surface area contributed by atoms with Crippen LogP contribution >= 0.6 is 11.6 Å². The fourth-order valence-electron chi connectivity index (χ4n) is 1.72. The number of nitrogens with zero attached hydrogens (tertiary/aromatic N) is 2. The minimum Gasteiger partial charge on any atom is -0.390 e. The number of aliphatic hydroxyl groups excluding tert-OH is 1. The Balaban J connectivity index is 2.22. The van der Waals surface area contributed by atoms with Crippen molar-refractivity contribution in [3.8, 4) is 0 Å². The van der Waals surface area contributed by atoms with E-state index < -0.39 is 6.10 Å². The van der Waals surface area contributed by atoms with Crippen molar-refractivity contribution in [2.45, 2.75) is 13.0 Å². The third-order valence-corrected chi connectivity index (χ3v) is 3.21. The number of nitrogens with one attached hydrogen (secondary N) is 1. The van der Waals surface area contributed by atoms with Gasteiger partial charge < -0.3 is 10.4 Å². The van der Waals surface area contributed by atoms with Crippen LogP contribution in [0, 0.1) is 6.92 Å². The summed E-state index contributed by atoms with van der Waals surface area (Å²) >= 11 is 5.54. The molecule has 5 heteroatoms. The molecular formula is C12H16ClN3O. The zero-order valence-electron chi connectivity index (χ0n) is 9.94. The van der Waals surface area contributed by atoms with Crippen molar-refractivity contribution in [2.75, 3.05) is 17.7 Å². The molecule has 2 rings (SSSR count). The van der Waals surface area contributed by atoms with Gasteiger partial charge in [-0.25, -0.2) is 0 Å². The first-order chi connectivity index (χ1) is 8.11. The van der Waals surface area contributed by atoms with E-state index in [-0.39, 0.29) is 5.88 Å². The number of aryl methyl sites for hydroxylation is 2. The number of hydrogen-bond donors (Lipinski definition) is 2. The summed E-state index contributed by atoms with van der Waals surface area (Å²) in [5.41, 5.74) is 3.08. The number of hydrogen-bond acceptors (Lipinski definition) is 3. The molecule has 0 aliphatic rings. The monoisotopic (exact) mass is 253 g/mol. The molecule has 2 aromatic rings. The third kappa shape index (κ3) is 2.53. The standard InChI is InChI=1S/C12H16ClN3O/c1-8-11-5-9(14-7-10(17)6-13)3-4-12(11)15-16(8)2/h3-5,10,14,17H,6-7H2,1-2H3. The van der Waals surface area contributed by atoms with Crippen LogP contribution in [0.15, 0.2) is 18.2 Å². The van der Waals surface area contributed by atoms with Crippen molar-refractivity contribution in [2.24, 2.45) is 7.05 Å². The first-order valence-corrected chi connectivity index (χ1v) is 6.06. The summed E-state index contributed by atoms with van der Waals surface area (Å²) in [6.45, 7) is 2.49. The first kappa shape index (κ1) is 12.2. The van der Waals surface area contributed by atoms with E-state index in [0.717, 1.165) is 22.3 Å². The Morgan fingerprint density at radius 2 is 2.29 bits per heavy atom. The number of halogens is 1. The minimum atomic E-state index is -0.526. The molecule has 1 aromatic carbocycles. The van der Waals surface area contributed by atoms with E-state index in [4.69, 9.17) is 11.6 Å². The van der Waals surface area contributed by atoms with Gasteiger partial charge >= 0.3 is 0 Å². The summed E-state index contributed by atoms with van der Waals surface area (Å²) in [4.78, 5) is 0. The molecule has 0 radical (unpaired) electrons. The molecule has 0 aliphatic carbocycles. The SMILES string of the molecule is Cc1c2cc(NCC(O)CCl)ccc2nn1C. The van der Waals surface area contributed by atoms with Crippen molar-refractivity contribution in [1.29, 1.82) is 0 Å². The molecular weight excluding hydrogens is 238 g/mol. The highest BCUT2D eigenvalue weighted by Gasteiger charge is 2.06. The van der Waals surface area contributed by atoms with Gasteiger partial charge in [-0.2, -0.15) is 5.10 Å². The van der Waals surface area contributed by atoms with Gasteiger partial charge in [0.1, 0.15) is 0 Å². The molecule has 1 atom stereocenters. The normalized spacial score (nSPS) is 12.9. The van der Waals surface area contributed by atoms with E-state index in [2.05, 4.69) is 10.4 Å². The van der Waals surface area contributed by atoms with Gasteiger partial charge in [0.2, 0.25) is 0 Å². The van der Waals surface area contributed by atoms with Crippen molar-refractivity contribution in [3.05, 3.63) is 23.9 Å². The summed E-state index contributed by atoms with van der Waals surface area (Å²) in [6, 6.07) is 5.96. The smallest absolute Gasteiger partial charge is 0.0927 e. The number of aromatic nitrogens is 2. The molecule has 1 heterocycles. The molecule has 1 aromatic heterocycles. The van der Waals surface area contributed by atoms with Gasteiger partial charge in [-0.15, -0.1) is 11.6 Å². The molecule has 0 fully saturated rings. The number of anilines is 1. The fraction of sp³-hybridized carbons (Fsp3) is 0.417. The molecule has 4 nitrogen and oxygen atoms in total. The molecule has 2 N–H and O–H groups in total. The molecule has 0 saturated heterocycles. The van der Waals surface area contributed by atoms with Crippen molar-refractivity contribution < 1.29 is 5.11 Å². The van der Waals surface area contributed by atoms with Crippen LogP contribution in [-0.2, 0) is 7.05 Å². The number of fused-ring (bicyclic) bond motifs is 1. The van der Waals surface area contributed by atoms with Crippen LogP contribution in [0.1, 0.15) is 5.69 Å². The Labute approximate surface area is 105 Å². The maximum absolute atomic E-state index is 9.38. The van der Waals surface area contributed by atoms with Crippen LogP contribution in [0.25, 0.3) is 10.9 Å². The lowest BCUT2D eigenvalue weighted by molar-refractivity contribution is 0.211.